The number of nitrogens with one attached hydrogen (secondary N) is 1. The second kappa shape index (κ2) is 7.83. The van der Waals surface area contributed by atoms with Crippen molar-refractivity contribution in [2.24, 2.45) is 0 Å². The number of anilines is 1. The Morgan fingerprint density at radius 2 is 1.87 bits per heavy atom. The first-order chi connectivity index (χ1) is 11.0. The Bertz CT molecular complexity index is 706. The molecule has 0 radical (unpaired) electrons. The Morgan fingerprint density at radius 3 is 2.57 bits per heavy atom. The lowest BCUT2D eigenvalue weighted by Gasteiger charge is -2.10. The molecule has 122 valence electrons. The normalized spacial score (nSPS) is 10.3. The quantitative estimate of drug-likeness (QED) is 0.864. The van der Waals surface area contributed by atoms with Crippen LogP contribution in [-0.4, -0.2) is 20.1 Å². The number of aryl methyl sites for hydroxylation is 1. The van der Waals surface area contributed by atoms with E-state index in [0.717, 1.165) is 5.56 Å². The highest BCUT2D eigenvalue weighted by Crippen LogP contribution is 2.28. The summed E-state index contributed by atoms with van der Waals surface area (Å²) < 4.78 is 24.0. The monoisotopic (exact) mass is 337 g/mol. The fourth-order valence-corrected chi connectivity index (χ4v) is 2.27. The van der Waals surface area contributed by atoms with Crippen molar-refractivity contribution in [1.82, 2.24) is 0 Å². The minimum atomic E-state index is -0.520. The molecule has 0 aromatic heterocycles. The van der Waals surface area contributed by atoms with Crippen LogP contribution in [0.1, 0.15) is 12.0 Å². The molecule has 1 amide bonds. The molecule has 0 aliphatic heterocycles. The van der Waals surface area contributed by atoms with Crippen LogP contribution in [0.5, 0.6) is 11.5 Å². The molecule has 0 spiro atoms. The number of hydrogen-bond donors (Lipinski definition) is 1. The molecule has 0 heterocycles. The van der Waals surface area contributed by atoms with Crippen LogP contribution in [0.25, 0.3) is 0 Å². The van der Waals surface area contributed by atoms with Crippen LogP contribution in [0.2, 0.25) is 5.02 Å². The fraction of sp³-hybridized carbons (Fsp3) is 0.235. The highest BCUT2D eigenvalue weighted by Gasteiger charge is 2.09. The van der Waals surface area contributed by atoms with Crippen molar-refractivity contribution in [2.75, 3.05) is 19.5 Å². The van der Waals surface area contributed by atoms with E-state index >= 15 is 0 Å². The molecule has 2 aromatic rings. The van der Waals surface area contributed by atoms with E-state index < -0.39 is 5.82 Å². The number of methoxy groups -OCH3 is 2. The van der Waals surface area contributed by atoms with Gasteiger partial charge in [0.1, 0.15) is 5.82 Å². The SMILES string of the molecule is COc1ccc(CCC(=O)Nc2cc(Cl)ccc2F)cc1OC. The van der Waals surface area contributed by atoms with Crippen molar-refractivity contribution in [3.63, 3.8) is 0 Å². The number of benzene rings is 2. The lowest BCUT2D eigenvalue weighted by molar-refractivity contribution is -0.116. The lowest BCUT2D eigenvalue weighted by Crippen LogP contribution is -2.13. The number of carbonyl (C=O) groups is 1. The van der Waals surface area contributed by atoms with Crippen molar-refractivity contribution in [1.29, 1.82) is 0 Å². The third kappa shape index (κ3) is 4.60. The van der Waals surface area contributed by atoms with Crippen molar-refractivity contribution in [3.05, 3.63) is 52.8 Å². The molecule has 2 aromatic carbocycles. The van der Waals surface area contributed by atoms with E-state index in [4.69, 9.17) is 21.1 Å². The summed E-state index contributed by atoms with van der Waals surface area (Å²) in [5, 5.41) is 2.88. The van der Waals surface area contributed by atoms with Crippen LogP contribution in [0.15, 0.2) is 36.4 Å². The van der Waals surface area contributed by atoms with Crippen molar-refractivity contribution < 1.29 is 18.7 Å². The number of halogens is 2. The van der Waals surface area contributed by atoms with Crippen LogP contribution in [0, 0.1) is 5.82 Å². The van der Waals surface area contributed by atoms with Gasteiger partial charge in [0.2, 0.25) is 5.91 Å². The summed E-state index contributed by atoms with van der Waals surface area (Å²) in [6.07, 6.45) is 0.704. The zero-order chi connectivity index (χ0) is 16.8. The van der Waals surface area contributed by atoms with E-state index in [1.165, 1.54) is 18.2 Å². The minimum absolute atomic E-state index is 0.0785. The van der Waals surface area contributed by atoms with E-state index in [1.807, 2.05) is 12.1 Å². The average molecular weight is 338 g/mol. The van der Waals surface area contributed by atoms with Crippen LogP contribution in [0.4, 0.5) is 10.1 Å². The van der Waals surface area contributed by atoms with Gasteiger partial charge in [0.05, 0.1) is 19.9 Å². The Morgan fingerprint density at radius 1 is 1.13 bits per heavy atom. The van der Waals surface area contributed by atoms with Crippen molar-refractivity contribution in [2.45, 2.75) is 12.8 Å². The molecule has 0 unspecified atom stereocenters. The van der Waals surface area contributed by atoms with Gasteiger partial charge in [-0.3, -0.25) is 4.79 Å². The summed E-state index contributed by atoms with van der Waals surface area (Å²) >= 11 is 5.79. The molecule has 0 aliphatic carbocycles. The maximum absolute atomic E-state index is 13.6. The number of carbonyl (C=O) groups excluding carboxylic acids is 1. The Labute approximate surface area is 139 Å². The zero-order valence-corrected chi connectivity index (χ0v) is 13.6. The van der Waals surface area contributed by atoms with Crippen LogP contribution < -0.4 is 14.8 Å². The van der Waals surface area contributed by atoms with Gasteiger partial charge >= 0.3 is 0 Å². The molecule has 0 saturated heterocycles. The van der Waals surface area contributed by atoms with Crippen molar-refractivity contribution in [3.8, 4) is 11.5 Å². The Balaban J connectivity index is 1.98. The molecular weight excluding hydrogens is 321 g/mol. The molecule has 23 heavy (non-hydrogen) atoms. The van der Waals surface area contributed by atoms with Gasteiger partial charge in [-0.1, -0.05) is 17.7 Å². The van der Waals surface area contributed by atoms with Crippen LogP contribution in [0.3, 0.4) is 0 Å². The van der Waals surface area contributed by atoms with Crippen LogP contribution in [-0.2, 0) is 11.2 Å². The first kappa shape index (κ1) is 17.1. The van der Waals surface area contributed by atoms with Gasteiger partial charge in [-0.2, -0.15) is 0 Å². The third-order valence-corrected chi connectivity index (χ3v) is 3.53. The second-order valence-electron chi connectivity index (χ2n) is 4.86. The molecule has 0 bridgehead atoms. The fourth-order valence-electron chi connectivity index (χ4n) is 2.10. The van der Waals surface area contributed by atoms with Crippen molar-refractivity contribution >= 4 is 23.2 Å². The standard InChI is InChI=1S/C17H17ClFNO3/c1-22-15-7-3-11(9-16(15)23-2)4-8-17(21)20-14-10-12(18)5-6-13(14)19/h3,5-7,9-10H,4,8H2,1-2H3,(H,20,21). The van der Waals surface area contributed by atoms with E-state index in [0.29, 0.717) is 22.9 Å². The number of amides is 1. The predicted octanol–water partition coefficient (Wildman–Crippen LogP) is 4.07. The first-order valence-corrected chi connectivity index (χ1v) is 7.37. The van der Waals surface area contributed by atoms with Gasteiger partial charge in [-0.25, -0.2) is 4.39 Å². The molecule has 4 nitrogen and oxygen atoms in total. The summed E-state index contributed by atoms with van der Waals surface area (Å²) in [5.41, 5.74) is 0.999. The summed E-state index contributed by atoms with van der Waals surface area (Å²) in [5.74, 6) is 0.419. The summed E-state index contributed by atoms with van der Waals surface area (Å²) in [7, 11) is 3.11. The summed E-state index contributed by atoms with van der Waals surface area (Å²) in [6, 6.07) is 9.47. The molecule has 0 fully saturated rings. The summed E-state index contributed by atoms with van der Waals surface area (Å²) in [6.45, 7) is 0. The smallest absolute Gasteiger partial charge is 0.224 e. The molecule has 6 heteroatoms. The molecule has 0 atom stereocenters. The maximum atomic E-state index is 13.6. The minimum Gasteiger partial charge on any atom is -0.493 e. The maximum Gasteiger partial charge on any atom is 0.224 e. The van der Waals surface area contributed by atoms with E-state index in [1.54, 1.807) is 20.3 Å². The number of ether oxygens (including phenoxy) is 2. The lowest BCUT2D eigenvalue weighted by atomic mass is 10.1. The van der Waals surface area contributed by atoms with Crippen LogP contribution >= 0.6 is 11.6 Å². The van der Waals surface area contributed by atoms with E-state index in [2.05, 4.69) is 5.32 Å². The van der Waals surface area contributed by atoms with Gasteiger partial charge in [0.25, 0.3) is 0 Å². The van der Waals surface area contributed by atoms with Gasteiger partial charge in [0.15, 0.2) is 11.5 Å². The Hall–Kier alpha value is -2.27. The molecule has 0 aliphatic rings. The average Bonchev–Trinajstić information content (AvgIpc) is 2.56. The molecule has 0 saturated carbocycles. The van der Waals surface area contributed by atoms with Gasteiger partial charge in [0, 0.05) is 11.4 Å². The van der Waals surface area contributed by atoms with Gasteiger partial charge in [-0.15, -0.1) is 0 Å². The van der Waals surface area contributed by atoms with E-state index in [9.17, 15) is 9.18 Å². The second-order valence-corrected chi connectivity index (χ2v) is 5.30. The Kier molecular flexibility index (Phi) is 5.82. The summed E-state index contributed by atoms with van der Waals surface area (Å²) in [4.78, 5) is 12.0. The van der Waals surface area contributed by atoms with Gasteiger partial charge in [-0.05, 0) is 42.3 Å². The number of rotatable bonds is 6. The zero-order valence-electron chi connectivity index (χ0n) is 12.9. The molecule has 1 N–H and O–H groups in total. The predicted molar refractivity (Wildman–Crippen MR) is 87.9 cm³/mol. The highest BCUT2D eigenvalue weighted by atomic mass is 35.5. The largest absolute Gasteiger partial charge is 0.493 e. The first-order valence-electron chi connectivity index (χ1n) is 6.99. The molecule has 2 rings (SSSR count). The topological polar surface area (TPSA) is 47.6 Å². The van der Waals surface area contributed by atoms with Gasteiger partial charge < -0.3 is 14.8 Å². The molecular formula is C17H17ClFNO3. The highest BCUT2D eigenvalue weighted by molar-refractivity contribution is 6.30. The number of hydrogen-bond acceptors (Lipinski definition) is 3. The third-order valence-electron chi connectivity index (χ3n) is 3.29. The van der Waals surface area contributed by atoms with E-state index in [-0.39, 0.29) is 18.0 Å².